The van der Waals surface area contributed by atoms with E-state index in [1.807, 2.05) is 0 Å². The topological polar surface area (TPSA) is 0 Å². The fraction of sp³-hybridized carbons (Fsp3) is 0. The van der Waals surface area contributed by atoms with Crippen LogP contribution in [0, 0.1) is 0 Å². The van der Waals surface area contributed by atoms with Gasteiger partial charge in [0.15, 0.2) is 0 Å². The van der Waals surface area contributed by atoms with Crippen molar-refractivity contribution >= 4 is 49.4 Å². The van der Waals surface area contributed by atoms with Gasteiger partial charge in [-0.15, -0.1) is 0 Å². The Kier molecular flexibility index (Phi) is 9.62. The smallest absolute Gasteiger partial charge is 0.000137 e. The third-order valence-corrected chi connectivity index (χ3v) is 14.0. The summed E-state index contributed by atoms with van der Waals surface area (Å²) in [5.41, 5.74) is 24.5. The number of fused-ring (bicyclic) bond motifs is 5. The molecule has 68 heavy (non-hydrogen) atoms. The van der Waals surface area contributed by atoms with Crippen LogP contribution in [0.25, 0.3) is 93.9 Å². The van der Waals surface area contributed by atoms with E-state index in [1.165, 1.54) is 133 Å². The van der Waals surface area contributed by atoms with E-state index in [2.05, 4.69) is 267 Å². The van der Waals surface area contributed by atoms with Crippen molar-refractivity contribution in [1.82, 2.24) is 0 Å². The van der Waals surface area contributed by atoms with Gasteiger partial charge in [0.05, 0.1) is 0 Å². The molecule has 0 spiro atoms. The van der Waals surface area contributed by atoms with E-state index in [0.717, 1.165) is 0 Å². The van der Waals surface area contributed by atoms with E-state index >= 15 is 0 Å². The molecule has 0 N–H and O–H groups in total. The maximum absolute atomic E-state index is 2.50. The van der Waals surface area contributed by atoms with Crippen LogP contribution in [0.5, 0.6) is 0 Å². The largest absolute Gasteiger partial charge is 0.0622 e. The van der Waals surface area contributed by atoms with E-state index in [-0.39, 0.29) is 0 Å². The molecular weight excluding hydrogens is 817 g/mol. The van der Waals surface area contributed by atoms with E-state index in [0.29, 0.717) is 0 Å². The minimum Gasteiger partial charge on any atom is -0.0622 e. The van der Waals surface area contributed by atoms with Crippen molar-refractivity contribution in [2.75, 3.05) is 0 Å². The Morgan fingerprint density at radius 2 is 0.426 bits per heavy atom. The van der Waals surface area contributed by atoms with Gasteiger partial charge in [0.25, 0.3) is 0 Å². The highest BCUT2D eigenvalue weighted by Gasteiger charge is 2.41. The molecule has 0 radical (unpaired) electrons. The van der Waals surface area contributed by atoms with Gasteiger partial charge in [-0.3, -0.25) is 0 Å². The molecule has 0 heterocycles. The first kappa shape index (κ1) is 39.5. The van der Waals surface area contributed by atoms with Crippen molar-refractivity contribution in [2.24, 2.45) is 0 Å². The molecule has 13 rings (SSSR count). The molecule has 316 valence electrons. The summed E-state index contributed by atoms with van der Waals surface area (Å²) in [6.07, 6.45) is 0. The minimum absolute atomic E-state index is 1.19. The third kappa shape index (κ3) is 6.77. The molecule has 0 aromatic heterocycles. The first-order valence-corrected chi connectivity index (χ1v) is 23.6. The van der Waals surface area contributed by atoms with Crippen LogP contribution in [-0.2, 0) is 0 Å². The van der Waals surface area contributed by atoms with Crippen molar-refractivity contribution in [3.05, 3.63) is 306 Å². The standard InChI is InChI=1S/C68H44/c1-5-19-49(20-6-1)59-43-61-62(44-60(59)50-21-7-2-8-22-50)67-65(54-37-31-48(32-38-54)58-40-34-46-18-14-16-28-56(46)42-58)64(51-23-9-3-10-24-51)66(52-25-11-4-12-26-52)68(67)63(61)53-35-29-47(30-36-53)57-39-33-45-17-13-15-27-55(45)41-57/h1-44H. The van der Waals surface area contributed by atoms with Crippen molar-refractivity contribution in [3.8, 4) is 44.5 Å². The van der Waals surface area contributed by atoms with E-state index in [4.69, 9.17) is 0 Å². The Labute approximate surface area is 397 Å². The van der Waals surface area contributed by atoms with Crippen LogP contribution in [0.4, 0.5) is 0 Å². The van der Waals surface area contributed by atoms with Gasteiger partial charge >= 0.3 is 0 Å². The Hall–Kier alpha value is -8.84. The molecule has 2 aliphatic carbocycles. The van der Waals surface area contributed by atoms with Crippen LogP contribution in [0.3, 0.4) is 0 Å². The monoisotopic (exact) mass is 860 g/mol. The average Bonchev–Trinajstić information content (AvgIpc) is 3.93. The van der Waals surface area contributed by atoms with Gasteiger partial charge in [-0.2, -0.15) is 0 Å². The predicted molar refractivity (Wildman–Crippen MR) is 289 cm³/mol. The van der Waals surface area contributed by atoms with Crippen LogP contribution in [0.2, 0.25) is 0 Å². The molecule has 0 heteroatoms. The zero-order chi connectivity index (χ0) is 45.0. The number of hydrogen-bond acceptors (Lipinski definition) is 0. The summed E-state index contributed by atoms with van der Waals surface area (Å²) >= 11 is 0. The summed E-state index contributed by atoms with van der Waals surface area (Å²) in [6, 6.07) is 98.5. The Morgan fingerprint density at radius 3 is 0.868 bits per heavy atom. The fourth-order valence-corrected chi connectivity index (χ4v) is 10.8. The van der Waals surface area contributed by atoms with Crippen LogP contribution in [0.15, 0.2) is 272 Å². The second kappa shape index (κ2) is 16.5. The molecule has 2 aliphatic rings. The maximum atomic E-state index is 2.50. The third-order valence-electron chi connectivity index (χ3n) is 14.0. The Morgan fingerprint density at radius 1 is 0.132 bits per heavy atom. The highest BCUT2D eigenvalue weighted by molar-refractivity contribution is 6.39. The molecule has 11 aromatic carbocycles. The second-order valence-electron chi connectivity index (χ2n) is 17.9. The van der Waals surface area contributed by atoms with E-state index in [9.17, 15) is 0 Å². The molecular formula is C68H44. The minimum atomic E-state index is 1.19. The number of benzene rings is 11. The molecule has 0 fully saturated rings. The van der Waals surface area contributed by atoms with Gasteiger partial charge in [0, 0.05) is 0 Å². The number of rotatable bonds is 8. The van der Waals surface area contributed by atoms with Crippen LogP contribution in [-0.4, -0.2) is 0 Å². The lowest BCUT2D eigenvalue weighted by Crippen LogP contribution is -1.97. The van der Waals surface area contributed by atoms with Crippen LogP contribution < -0.4 is 0 Å². The van der Waals surface area contributed by atoms with Gasteiger partial charge in [0.1, 0.15) is 0 Å². The van der Waals surface area contributed by atoms with E-state index < -0.39 is 0 Å². The number of allylic oxidation sites excluding steroid dienone is 5. The fourth-order valence-electron chi connectivity index (χ4n) is 10.8. The molecule has 0 unspecified atom stereocenters. The van der Waals surface area contributed by atoms with E-state index in [1.54, 1.807) is 0 Å². The highest BCUT2D eigenvalue weighted by atomic mass is 14.4. The first-order chi connectivity index (χ1) is 33.7. The Balaban J connectivity index is 1.11. The first-order valence-electron chi connectivity index (χ1n) is 23.6. The van der Waals surface area contributed by atoms with Crippen molar-refractivity contribution < 1.29 is 0 Å². The lowest BCUT2D eigenvalue weighted by molar-refractivity contribution is 1.51. The number of hydrogen-bond donors (Lipinski definition) is 0. The van der Waals surface area contributed by atoms with Crippen molar-refractivity contribution in [1.29, 1.82) is 0 Å². The molecule has 0 amide bonds. The van der Waals surface area contributed by atoms with Gasteiger partial charge in [0.2, 0.25) is 0 Å². The second-order valence-corrected chi connectivity index (χ2v) is 17.9. The molecule has 0 bridgehead atoms. The van der Waals surface area contributed by atoms with Crippen LogP contribution >= 0.6 is 0 Å². The SMILES string of the molecule is c1ccc(C2=C(c3ccccc3)C(c3ccc(-c4ccc5ccccc5c4)cc3)=C3C2=C(c2ccc(-c4ccc5ccccc5c4)cc2)c2cc(-c4ccccc4)c(-c4ccccc4)cc23)cc1. The zero-order valence-electron chi connectivity index (χ0n) is 37.4. The lowest BCUT2D eigenvalue weighted by Gasteiger charge is -2.19. The summed E-state index contributed by atoms with van der Waals surface area (Å²) < 4.78 is 0. The molecule has 0 aliphatic heterocycles. The van der Waals surface area contributed by atoms with Crippen molar-refractivity contribution in [2.45, 2.75) is 0 Å². The maximum Gasteiger partial charge on any atom is -0.000137 e. The van der Waals surface area contributed by atoms with Crippen molar-refractivity contribution in [3.63, 3.8) is 0 Å². The zero-order valence-corrected chi connectivity index (χ0v) is 37.4. The summed E-state index contributed by atoms with van der Waals surface area (Å²) in [5.74, 6) is 0. The van der Waals surface area contributed by atoms with Gasteiger partial charge in [-0.25, -0.2) is 0 Å². The van der Waals surface area contributed by atoms with Gasteiger partial charge < -0.3 is 0 Å². The molecule has 11 aromatic rings. The Bertz CT molecular complexity index is 3820. The molecule has 0 saturated carbocycles. The average molecular weight is 861 g/mol. The van der Waals surface area contributed by atoms with Gasteiger partial charge in [-0.1, -0.05) is 243 Å². The lowest BCUT2D eigenvalue weighted by atomic mass is 9.84. The van der Waals surface area contributed by atoms with Crippen LogP contribution in [0.1, 0.15) is 33.4 Å². The van der Waals surface area contributed by atoms with Gasteiger partial charge in [-0.05, 0) is 157 Å². The molecule has 0 atom stereocenters. The molecule has 0 nitrogen and oxygen atoms in total. The quantitative estimate of drug-likeness (QED) is 0.143. The predicted octanol–water partition coefficient (Wildman–Crippen LogP) is 18.0. The summed E-state index contributed by atoms with van der Waals surface area (Å²) in [6.45, 7) is 0. The normalized spacial score (nSPS) is 13.1. The molecule has 0 saturated heterocycles. The summed E-state index contributed by atoms with van der Waals surface area (Å²) in [4.78, 5) is 0. The summed E-state index contributed by atoms with van der Waals surface area (Å²) in [5, 5.41) is 4.99. The highest BCUT2D eigenvalue weighted by Crippen LogP contribution is 2.62. The summed E-state index contributed by atoms with van der Waals surface area (Å²) in [7, 11) is 0.